The van der Waals surface area contributed by atoms with Gasteiger partial charge in [-0.2, -0.15) is 10.7 Å². The third-order valence-electron chi connectivity index (χ3n) is 1.33. The molecule has 0 fully saturated rings. The minimum atomic E-state index is 0.215. The topological polar surface area (TPSA) is 45.0 Å². The molecule has 0 amide bonds. The van der Waals surface area contributed by atoms with Crippen LogP contribution in [0.15, 0.2) is 30.3 Å². The lowest BCUT2D eigenvalue weighted by molar-refractivity contribution is 0.0361. The molecule has 0 atom stereocenters. The van der Waals surface area contributed by atoms with Crippen LogP contribution in [0, 0.1) is 11.3 Å². The predicted octanol–water partition coefficient (Wildman–Crippen LogP) is 1.23. The standard InChI is InChI=1S/C9H10N2O/c10-6-7-11-12-8-9-4-2-1-3-5-9/h1-5,11H,7-8H2. The summed E-state index contributed by atoms with van der Waals surface area (Å²) in [6.07, 6.45) is 0. The molecule has 0 unspecified atom stereocenters. The monoisotopic (exact) mass is 162 g/mol. The molecule has 0 spiro atoms. The Balaban J connectivity index is 2.21. The largest absolute Gasteiger partial charge is 0.296 e. The van der Waals surface area contributed by atoms with Crippen LogP contribution in [-0.4, -0.2) is 6.54 Å². The molecule has 0 aliphatic rings. The summed E-state index contributed by atoms with van der Waals surface area (Å²) in [5.74, 6) is 0. The van der Waals surface area contributed by atoms with Gasteiger partial charge in [0.15, 0.2) is 0 Å². The molecule has 0 radical (unpaired) electrons. The van der Waals surface area contributed by atoms with E-state index >= 15 is 0 Å². The van der Waals surface area contributed by atoms with Gasteiger partial charge in [-0.25, -0.2) is 0 Å². The van der Waals surface area contributed by atoms with Crippen molar-refractivity contribution in [3.05, 3.63) is 35.9 Å². The Morgan fingerprint density at radius 3 is 2.75 bits per heavy atom. The predicted molar refractivity (Wildman–Crippen MR) is 44.8 cm³/mol. The van der Waals surface area contributed by atoms with Gasteiger partial charge in [-0.15, -0.1) is 0 Å². The molecule has 0 aromatic heterocycles. The molecule has 0 heterocycles. The quantitative estimate of drug-likeness (QED) is 0.411. The maximum Gasteiger partial charge on any atom is 0.108 e. The zero-order chi connectivity index (χ0) is 8.65. The Hall–Kier alpha value is -1.37. The van der Waals surface area contributed by atoms with Gasteiger partial charge in [-0.05, 0) is 5.56 Å². The molecule has 0 saturated carbocycles. The average Bonchev–Trinajstić information content (AvgIpc) is 2.14. The summed E-state index contributed by atoms with van der Waals surface area (Å²) in [5, 5.41) is 8.17. The van der Waals surface area contributed by atoms with Crippen molar-refractivity contribution in [2.45, 2.75) is 6.61 Å². The molecule has 1 aromatic rings. The molecular weight excluding hydrogens is 152 g/mol. The first-order valence-electron chi connectivity index (χ1n) is 3.69. The van der Waals surface area contributed by atoms with E-state index in [2.05, 4.69) is 5.48 Å². The number of nitrogens with one attached hydrogen (secondary N) is 1. The Morgan fingerprint density at radius 1 is 1.33 bits per heavy atom. The van der Waals surface area contributed by atoms with E-state index in [1.165, 1.54) is 0 Å². The molecule has 1 rings (SSSR count). The molecule has 0 saturated heterocycles. The van der Waals surface area contributed by atoms with E-state index < -0.39 is 0 Å². The highest BCUT2D eigenvalue weighted by Crippen LogP contribution is 1.98. The van der Waals surface area contributed by atoms with Crippen molar-refractivity contribution in [1.29, 1.82) is 5.26 Å². The molecule has 0 aliphatic carbocycles. The number of nitrogens with zero attached hydrogens (tertiary/aromatic N) is 1. The van der Waals surface area contributed by atoms with E-state index in [9.17, 15) is 0 Å². The van der Waals surface area contributed by atoms with Crippen LogP contribution in [-0.2, 0) is 11.4 Å². The Kier molecular flexibility index (Phi) is 3.86. The lowest BCUT2D eigenvalue weighted by Crippen LogP contribution is -2.14. The zero-order valence-corrected chi connectivity index (χ0v) is 6.66. The summed E-state index contributed by atoms with van der Waals surface area (Å²) in [6.45, 7) is 0.704. The maximum atomic E-state index is 8.17. The molecule has 12 heavy (non-hydrogen) atoms. The van der Waals surface area contributed by atoms with Gasteiger partial charge in [0.1, 0.15) is 6.54 Å². The van der Waals surface area contributed by atoms with Crippen LogP contribution in [0.5, 0.6) is 0 Å². The summed E-state index contributed by atoms with van der Waals surface area (Å²) in [6, 6.07) is 11.7. The normalized spacial score (nSPS) is 9.25. The van der Waals surface area contributed by atoms with E-state index in [4.69, 9.17) is 10.1 Å². The van der Waals surface area contributed by atoms with E-state index in [1.54, 1.807) is 0 Å². The van der Waals surface area contributed by atoms with Crippen LogP contribution < -0.4 is 5.48 Å². The fraction of sp³-hybridized carbons (Fsp3) is 0.222. The average molecular weight is 162 g/mol. The molecule has 3 nitrogen and oxygen atoms in total. The second-order valence-electron chi connectivity index (χ2n) is 2.25. The van der Waals surface area contributed by atoms with Crippen molar-refractivity contribution >= 4 is 0 Å². The SMILES string of the molecule is N#CCNOCc1ccccc1. The Morgan fingerprint density at radius 2 is 2.08 bits per heavy atom. The number of rotatable bonds is 4. The molecule has 0 bridgehead atoms. The van der Waals surface area contributed by atoms with Gasteiger partial charge >= 0.3 is 0 Å². The molecule has 1 aromatic carbocycles. The van der Waals surface area contributed by atoms with Gasteiger partial charge in [0.2, 0.25) is 0 Å². The van der Waals surface area contributed by atoms with Gasteiger partial charge in [-0.1, -0.05) is 30.3 Å². The first-order valence-corrected chi connectivity index (χ1v) is 3.69. The Bertz CT molecular complexity index is 253. The van der Waals surface area contributed by atoms with E-state index in [-0.39, 0.29) is 6.54 Å². The zero-order valence-electron chi connectivity index (χ0n) is 6.66. The summed E-state index contributed by atoms with van der Waals surface area (Å²) in [7, 11) is 0. The first kappa shape index (κ1) is 8.72. The van der Waals surface area contributed by atoms with Crippen LogP contribution in [0.3, 0.4) is 0 Å². The van der Waals surface area contributed by atoms with Crippen LogP contribution in [0.1, 0.15) is 5.56 Å². The van der Waals surface area contributed by atoms with E-state index in [0.717, 1.165) is 5.56 Å². The fourth-order valence-corrected chi connectivity index (χ4v) is 0.792. The summed E-state index contributed by atoms with van der Waals surface area (Å²) in [4.78, 5) is 4.99. The van der Waals surface area contributed by atoms with Crippen LogP contribution >= 0.6 is 0 Å². The third kappa shape index (κ3) is 3.15. The third-order valence-corrected chi connectivity index (χ3v) is 1.33. The highest BCUT2D eigenvalue weighted by Gasteiger charge is 1.89. The molecular formula is C9H10N2O. The number of hydrogen-bond donors (Lipinski definition) is 1. The second-order valence-corrected chi connectivity index (χ2v) is 2.25. The van der Waals surface area contributed by atoms with Crippen LogP contribution in [0.4, 0.5) is 0 Å². The number of nitriles is 1. The summed E-state index contributed by atoms with van der Waals surface area (Å²) in [5.41, 5.74) is 3.61. The molecule has 0 aliphatic heterocycles. The van der Waals surface area contributed by atoms with Crippen molar-refractivity contribution < 1.29 is 4.84 Å². The maximum absolute atomic E-state index is 8.17. The van der Waals surface area contributed by atoms with E-state index in [0.29, 0.717) is 6.61 Å². The van der Waals surface area contributed by atoms with E-state index in [1.807, 2.05) is 36.4 Å². The van der Waals surface area contributed by atoms with Gasteiger partial charge in [-0.3, -0.25) is 4.84 Å². The highest BCUT2D eigenvalue weighted by atomic mass is 16.6. The summed E-state index contributed by atoms with van der Waals surface area (Å²) < 4.78 is 0. The van der Waals surface area contributed by atoms with Gasteiger partial charge in [0, 0.05) is 0 Å². The highest BCUT2D eigenvalue weighted by molar-refractivity contribution is 5.13. The Labute approximate surface area is 71.5 Å². The summed E-state index contributed by atoms with van der Waals surface area (Å²) >= 11 is 0. The molecule has 1 N–H and O–H groups in total. The fourth-order valence-electron chi connectivity index (χ4n) is 0.792. The van der Waals surface area contributed by atoms with Crippen LogP contribution in [0.25, 0.3) is 0 Å². The first-order chi connectivity index (χ1) is 5.93. The van der Waals surface area contributed by atoms with Crippen molar-refractivity contribution in [3.63, 3.8) is 0 Å². The molecule has 62 valence electrons. The smallest absolute Gasteiger partial charge is 0.108 e. The second kappa shape index (κ2) is 5.30. The van der Waals surface area contributed by atoms with Crippen molar-refractivity contribution in [2.24, 2.45) is 0 Å². The minimum absolute atomic E-state index is 0.215. The lowest BCUT2D eigenvalue weighted by atomic mass is 10.2. The van der Waals surface area contributed by atoms with Crippen molar-refractivity contribution in [1.82, 2.24) is 5.48 Å². The molecule has 3 heteroatoms. The lowest BCUT2D eigenvalue weighted by Gasteiger charge is -2.01. The van der Waals surface area contributed by atoms with Gasteiger partial charge in [0.25, 0.3) is 0 Å². The van der Waals surface area contributed by atoms with Crippen LogP contribution in [0.2, 0.25) is 0 Å². The van der Waals surface area contributed by atoms with Crippen molar-refractivity contribution in [3.8, 4) is 6.07 Å². The number of hydrogen-bond acceptors (Lipinski definition) is 3. The van der Waals surface area contributed by atoms with Gasteiger partial charge in [0.05, 0.1) is 12.7 Å². The number of hydroxylamine groups is 1. The van der Waals surface area contributed by atoms with Crippen molar-refractivity contribution in [2.75, 3.05) is 6.54 Å². The minimum Gasteiger partial charge on any atom is -0.296 e. The van der Waals surface area contributed by atoms with Gasteiger partial charge < -0.3 is 0 Å². The number of benzene rings is 1.